The van der Waals surface area contributed by atoms with E-state index in [1.807, 2.05) is 11.8 Å². The molecule has 0 spiro atoms. The van der Waals surface area contributed by atoms with Gasteiger partial charge in [-0.1, -0.05) is 57.0 Å². The zero-order valence-electron chi connectivity index (χ0n) is 15.5. The van der Waals surface area contributed by atoms with Crippen molar-refractivity contribution in [1.29, 1.82) is 0 Å². The van der Waals surface area contributed by atoms with Gasteiger partial charge in [0, 0.05) is 16.2 Å². The van der Waals surface area contributed by atoms with E-state index in [0.717, 1.165) is 17.9 Å². The first kappa shape index (κ1) is 18.3. The summed E-state index contributed by atoms with van der Waals surface area (Å²) in [4.78, 5) is 1.41. The van der Waals surface area contributed by atoms with Gasteiger partial charge >= 0.3 is 0 Å². The minimum Gasteiger partial charge on any atom is -0.497 e. The lowest BCUT2D eigenvalue weighted by Crippen LogP contribution is -2.48. The number of methoxy groups -OCH3 is 1. The van der Waals surface area contributed by atoms with Gasteiger partial charge in [-0.05, 0) is 42.2 Å². The second kappa shape index (κ2) is 8.29. The fourth-order valence-electron chi connectivity index (χ4n) is 3.59. The van der Waals surface area contributed by atoms with Gasteiger partial charge in [-0.3, -0.25) is 5.32 Å². The van der Waals surface area contributed by atoms with Crippen molar-refractivity contribution in [1.82, 2.24) is 5.32 Å². The molecule has 25 heavy (non-hydrogen) atoms. The lowest BCUT2D eigenvalue weighted by Gasteiger charge is -2.36. The minimum atomic E-state index is 0.185. The summed E-state index contributed by atoms with van der Waals surface area (Å²) in [6.07, 6.45) is 4.90. The SMILES string of the molecule is CCCC[C@]1(CC)CSc2ccccc2[C@@H](c2ccc(OC)cc2)N1. The predicted molar refractivity (Wildman–Crippen MR) is 108 cm³/mol. The molecule has 1 N–H and O–H groups in total. The molecule has 1 heterocycles. The normalized spacial score (nSPS) is 22.9. The maximum atomic E-state index is 5.34. The van der Waals surface area contributed by atoms with Gasteiger partial charge in [0.1, 0.15) is 5.75 Å². The molecule has 0 radical (unpaired) electrons. The molecule has 0 aliphatic carbocycles. The van der Waals surface area contributed by atoms with Gasteiger partial charge in [0.2, 0.25) is 0 Å². The molecule has 2 nitrogen and oxygen atoms in total. The van der Waals surface area contributed by atoms with Gasteiger partial charge in [-0.2, -0.15) is 0 Å². The van der Waals surface area contributed by atoms with Crippen LogP contribution in [0.4, 0.5) is 0 Å². The van der Waals surface area contributed by atoms with E-state index in [0.29, 0.717) is 0 Å². The van der Waals surface area contributed by atoms with Crippen molar-refractivity contribution >= 4 is 11.8 Å². The van der Waals surface area contributed by atoms with Crippen LogP contribution in [0.5, 0.6) is 5.75 Å². The Hall–Kier alpha value is -1.45. The second-order valence-corrected chi connectivity index (χ2v) is 7.93. The highest BCUT2D eigenvalue weighted by Gasteiger charge is 2.35. The number of thioether (sulfide) groups is 1. The van der Waals surface area contributed by atoms with Crippen molar-refractivity contribution in [2.75, 3.05) is 12.9 Å². The Morgan fingerprint density at radius 1 is 1.12 bits per heavy atom. The third-order valence-electron chi connectivity index (χ3n) is 5.32. The van der Waals surface area contributed by atoms with Crippen molar-refractivity contribution in [3.63, 3.8) is 0 Å². The Balaban J connectivity index is 2.00. The molecule has 1 aliphatic heterocycles. The average molecular weight is 356 g/mol. The molecule has 0 bridgehead atoms. The molecule has 2 aromatic carbocycles. The maximum absolute atomic E-state index is 5.34. The third-order valence-corrected chi connectivity index (χ3v) is 6.70. The number of hydrogen-bond donors (Lipinski definition) is 1. The summed E-state index contributed by atoms with van der Waals surface area (Å²) >= 11 is 2.01. The molecule has 134 valence electrons. The Morgan fingerprint density at radius 2 is 1.88 bits per heavy atom. The summed E-state index contributed by atoms with van der Waals surface area (Å²) in [7, 11) is 1.72. The third kappa shape index (κ3) is 4.04. The zero-order chi connectivity index (χ0) is 17.7. The molecule has 0 saturated heterocycles. The van der Waals surface area contributed by atoms with E-state index in [1.54, 1.807) is 7.11 Å². The standard InChI is InChI=1S/C22H29NOS/c1-4-6-15-22(5-2)16-25-20-10-8-7-9-19(20)21(23-22)17-11-13-18(24-3)14-12-17/h7-14,21,23H,4-6,15-16H2,1-3H3/t21-,22-/m1/s1. The number of hydrogen-bond acceptors (Lipinski definition) is 3. The Morgan fingerprint density at radius 3 is 2.56 bits per heavy atom. The fourth-order valence-corrected chi connectivity index (χ4v) is 4.98. The lowest BCUT2D eigenvalue weighted by atomic mass is 9.88. The first-order valence-corrected chi connectivity index (χ1v) is 10.3. The topological polar surface area (TPSA) is 21.3 Å². The molecular formula is C22H29NOS. The van der Waals surface area contributed by atoms with Gasteiger partial charge < -0.3 is 4.74 Å². The van der Waals surface area contributed by atoms with E-state index in [-0.39, 0.29) is 11.6 Å². The predicted octanol–water partition coefficient (Wildman–Crippen LogP) is 5.82. The van der Waals surface area contributed by atoms with Crippen LogP contribution in [0.25, 0.3) is 0 Å². The van der Waals surface area contributed by atoms with Crippen LogP contribution in [0.1, 0.15) is 56.7 Å². The second-order valence-electron chi connectivity index (χ2n) is 6.91. The smallest absolute Gasteiger partial charge is 0.118 e. The zero-order valence-corrected chi connectivity index (χ0v) is 16.4. The Labute approximate surface area is 156 Å². The van der Waals surface area contributed by atoms with Gasteiger partial charge in [0.25, 0.3) is 0 Å². The summed E-state index contributed by atoms with van der Waals surface area (Å²) < 4.78 is 5.34. The summed E-state index contributed by atoms with van der Waals surface area (Å²) in [5.41, 5.74) is 2.89. The molecule has 3 heteroatoms. The van der Waals surface area contributed by atoms with Gasteiger partial charge in [0.05, 0.1) is 13.2 Å². The Bertz CT molecular complexity index is 685. The van der Waals surface area contributed by atoms with E-state index >= 15 is 0 Å². The number of nitrogens with one attached hydrogen (secondary N) is 1. The van der Waals surface area contributed by atoms with Crippen molar-refractivity contribution in [2.45, 2.75) is 56.0 Å². The number of ether oxygens (including phenoxy) is 1. The van der Waals surface area contributed by atoms with Crippen LogP contribution in [-0.4, -0.2) is 18.4 Å². The van der Waals surface area contributed by atoms with Crippen LogP contribution in [-0.2, 0) is 0 Å². The van der Waals surface area contributed by atoms with E-state index in [2.05, 4.69) is 67.7 Å². The molecule has 3 rings (SSSR count). The molecule has 1 aliphatic rings. The number of unbranched alkanes of at least 4 members (excludes halogenated alkanes) is 1. The number of benzene rings is 2. The van der Waals surface area contributed by atoms with E-state index in [4.69, 9.17) is 4.74 Å². The highest BCUT2D eigenvalue weighted by atomic mass is 32.2. The summed E-state index contributed by atoms with van der Waals surface area (Å²) in [6, 6.07) is 17.6. The fraction of sp³-hybridized carbons (Fsp3) is 0.455. The molecule has 0 saturated carbocycles. The van der Waals surface area contributed by atoms with Gasteiger partial charge in [0.15, 0.2) is 0 Å². The highest BCUT2D eigenvalue weighted by molar-refractivity contribution is 7.99. The van der Waals surface area contributed by atoms with Crippen LogP contribution in [0.3, 0.4) is 0 Å². The molecule has 0 fully saturated rings. The van der Waals surface area contributed by atoms with E-state index < -0.39 is 0 Å². The molecule has 2 aromatic rings. The molecule has 2 atom stereocenters. The summed E-state index contributed by atoms with van der Waals surface area (Å²) in [5.74, 6) is 2.04. The van der Waals surface area contributed by atoms with Crippen LogP contribution < -0.4 is 10.1 Å². The highest BCUT2D eigenvalue weighted by Crippen LogP contribution is 2.40. The molecule has 0 aromatic heterocycles. The average Bonchev–Trinajstić information content (AvgIpc) is 2.84. The minimum absolute atomic E-state index is 0.185. The van der Waals surface area contributed by atoms with Crippen LogP contribution in [0.2, 0.25) is 0 Å². The van der Waals surface area contributed by atoms with Crippen LogP contribution in [0, 0.1) is 0 Å². The maximum Gasteiger partial charge on any atom is 0.118 e. The van der Waals surface area contributed by atoms with Crippen molar-refractivity contribution in [3.8, 4) is 5.75 Å². The van der Waals surface area contributed by atoms with Gasteiger partial charge in [-0.15, -0.1) is 11.8 Å². The quantitative estimate of drug-likeness (QED) is 0.705. The summed E-state index contributed by atoms with van der Waals surface area (Å²) in [5, 5.41) is 4.06. The van der Waals surface area contributed by atoms with Crippen molar-refractivity contribution in [2.24, 2.45) is 0 Å². The first-order valence-electron chi connectivity index (χ1n) is 9.34. The molecule has 0 unspecified atom stereocenters. The van der Waals surface area contributed by atoms with Crippen molar-refractivity contribution in [3.05, 3.63) is 59.7 Å². The molecule has 0 amide bonds. The molecular weight excluding hydrogens is 326 g/mol. The van der Waals surface area contributed by atoms with Crippen LogP contribution >= 0.6 is 11.8 Å². The van der Waals surface area contributed by atoms with E-state index in [1.165, 1.54) is 35.3 Å². The summed E-state index contributed by atoms with van der Waals surface area (Å²) in [6.45, 7) is 4.60. The lowest BCUT2D eigenvalue weighted by molar-refractivity contribution is 0.298. The monoisotopic (exact) mass is 355 g/mol. The number of rotatable bonds is 6. The number of fused-ring (bicyclic) bond motifs is 1. The van der Waals surface area contributed by atoms with Crippen LogP contribution in [0.15, 0.2) is 53.4 Å². The van der Waals surface area contributed by atoms with Gasteiger partial charge in [-0.25, -0.2) is 0 Å². The van der Waals surface area contributed by atoms with Crippen molar-refractivity contribution < 1.29 is 4.74 Å². The largest absolute Gasteiger partial charge is 0.497 e. The van der Waals surface area contributed by atoms with E-state index in [9.17, 15) is 0 Å². The first-order chi connectivity index (χ1) is 12.2. The Kier molecular flexibility index (Phi) is 6.08.